The van der Waals surface area contributed by atoms with Crippen LogP contribution in [0.3, 0.4) is 0 Å². The van der Waals surface area contributed by atoms with Gasteiger partial charge in [0.15, 0.2) is 0 Å². The van der Waals surface area contributed by atoms with Crippen LogP contribution in [0.2, 0.25) is 0 Å². The van der Waals surface area contributed by atoms with E-state index in [0.717, 1.165) is 12.0 Å². The van der Waals surface area contributed by atoms with Gasteiger partial charge in [-0.25, -0.2) is 4.79 Å². The smallest absolute Gasteiger partial charge is 0.330 e. The third kappa shape index (κ3) is 6.23. The SMILES string of the molecule is CC/C(C)=C/C=C\C(C)=C/C(=O)OC. The molecule has 0 amide bonds. The fourth-order valence-corrected chi connectivity index (χ4v) is 0.775. The number of hydrogen-bond acceptors (Lipinski definition) is 2. The Morgan fingerprint density at radius 1 is 1.36 bits per heavy atom. The monoisotopic (exact) mass is 194 g/mol. The minimum absolute atomic E-state index is 0.316. The summed E-state index contributed by atoms with van der Waals surface area (Å²) in [6.45, 7) is 6.04. The van der Waals surface area contributed by atoms with Gasteiger partial charge in [0.1, 0.15) is 0 Å². The Kier molecular flexibility index (Phi) is 6.46. The van der Waals surface area contributed by atoms with Crippen LogP contribution < -0.4 is 0 Å². The number of esters is 1. The number of carbonyl (C=O) groups is 1. The molecule has 0 aromatic heterocycles. The fraction of sp³-hybridized carbons (Fsp3) is 0.417. The average molecular weight is 194 g/mol. The first-order valence-electron chi connectivity index (χ1n) is 4.70. The van der Waals surface area contributed by atoms with Crippen LogP contribution in [0.5, 0.6) is 0 Å². The van der Waals surface area contributed by atoms with Crippen molar-refractivity contribution >= 4 is 5.97 Å². The molecule has 0 spiro atoms. The molecule has 0 saturated heterocycles. The van der Waals surface area contributed by atoms with Crippen molar-refractivity contribution < 1.29 is 9.53 Å². The molecule has 14 heavy (non-hydrogen) atoms. The maximum Gasteiger partial charge on any atom is 0.330 e. The van der Waals surface area contributed by atoms with E-state index in [2.05, 4.69) is 18.6 Å². The first-order chi connectivity index (χ1) is 6.60. The second-order valence-electron chi connectivity index (χ2n) is 3.14. The highest BCUT2D eigenvalue weighted by Gasteiger charge is 1.91. The molecule has 0 rings (SSSR count). The van der Waals surface area contributed by atoms with E-state index in [-0.39, 0.29) is 5.97 Å². The molecule has 2 nitrogen and oxygen atoms in total. The van der Waals surface area contributed by atoms with E-state index in [1.165, 1.54) is 18.8 Å². The molecule has 0 radical (unpaired) electrons. The number of hydrogen-bond donors (Lipinski definition) is 0. The van der Waals surface area contributed by atoms with Crippen molar-refractivity contribution in [3.05, 3.63) is 35.5 Å². The molecule has 0 N–H and O–H groups in total. The number of allylic oxidation sites excluding steroid dienone is 5. The summed E-state index contributed by atoms with van der Waals surface area (Å²) in [5.74, 6) is -0.316. The maximum atomic E-state index is 10.8. The average Bonchev–Trinajstić information content (AvgIpc) is 2.17. The van der Waals surface area contributed by atoms with Crippen LogP contribution in [0, 0.1) is 0 Å². The molecular formula is C12H18O2. The minimum atomic E-state index is -0.316. The Labute approximate surface area is 86.0 Å². The molecule has 78 valence electrons. The van der Waals surface area contributed by atoms with E-state index >= 15 is 0 Å². The summed E-state index contributed by atoms with van der Waals surface area (Å²) in [5, 5.41) is 0. The molecule has 0 atom stereocenters. The number of rotatable bonds is 4. The van der Waals surface area contributed by atoms with E-state index in [9.17, 15) is 4.79 Å². The van der Waals surface area contributed by atoms with Crippen molar-refractivity contribution in [2.75, 3.05) is 7.11 Å². The van der Waals surface area contributed by atoms with E-state index in [1.54, 1.807) is 0 Å². The number of carbonyl (C=O) groups excluding carboxylic acids is 1. The fourth-order valence-electron chi connectivity index (χ4n) is 0.775. The zero-order chi connectivity index (χ0) is 11.0. The largest absolute Gasteiger partial charge is 0.466 e. The second-order valence-corrected chi connectivity index (χ2v) is 3.14. The first-order valence-corrected chi connectivity index (χ1v) is 4.70. The molecule has 0 bridgehead atoms. The van der Waals surface area contributed by atoms with Crippen LogP contribution in [-0.2, 0) is 9.53 Å². The predicted molar refractivity (Wildman–Crippen MR) is 59.0 cm³/mol. The molecule has 0 aliphatic heterocycles. The molecule has 0 aromatic rings. The van der Waals surface area contributed by atoms with Crippen LogP contribution in [0.1, 0.15) is 27.2 Å². The summed E-state index contributed by atoms with van der Waals surface area (Å²) in [5.41, 5.74) is 2.20. The maximum absolute atomic E-state index is 10.8. The van der Waals surface area contributed by atoms with Crippen molar-refractivity contribution in [2.24, 2.45) is 0 Å². The molecule has 0 aliphatic rings. The second kappa shape index (κ2) is 7.13. The standard InChI is InChI=1S/C12H18O2/c1-5-10(2)7-6-8-11(3)9-12(13)14-4/h6-9H,5H2,1-4H3/b8-6-,10-7+,11-9-. The van der Waals surface area contributed by atoms with E-state index in [0.29, 0.717) is 0 Å². The van der Waals surface area contributed by atoms with Crippen LogP contribution in [0.25, 0.3) is 0 Å². The summed E-state index contributed by atoms with van der Waals surface area (Å²) >= 11 is 0. The molecule has 0 aromatic carbocycles. The van der Waals surface area contributed by atoms with Crippen molar-refractivity contribution in [3.63, 3.8) is 0 Å². The lowest BCUT2D eigenvalue weighted by Crippen LogP contribution is -1.94. The van der Waals surface area contributed by atoms with Crippen LogP contribution in [-0.4, -0.2) is 13.1 Å². The number of methoxy groups -OCH3 is 1. The Hall–Kier alpha value is -1.31. The predicted octanol–water partition coefficient (Wildman–Crippen LogP) is 3.02. The van der Waals surface area contributed by atoms with E-state index < -0.39 is 0 Å². The zero-order valence-corrected chi connectivity index (χ0v) is 9.33. The van der Waals surface area contributed by atoms with Gasteiger partial charge in [-0.15, -0.1) is 0 Å². The summed E-state index contributed by atoms with van der Waals surface area (Å²) in [6, 6.07) is 0. The summed E-state index contributed by atoms with van der Waals surface area (Å²) in [6.07, 6.45) is 8.37. The molecule has 0 saturated carbocycles. The lowest BCUT2D eigenvalue weighted by Gasteiger charge is -1.92. The molecule has 0 fully saturated rings. The van der Waals surface area contributed by atoms with Gasteiger partial charge in [-0.05, 0) is 25.8 Å². The Balaban J connectivity index is 4.25. The Morgan fingerprint density at radius 2 is 2.00 bits per heavy atom. The molecule has 2 heteroatoms. The van der Waals surface area contributed by atoms with Crippen LogP contribution >= 0.6 is 0 Å². The topological polar surface area (TPSA) is 26.3 Å². The van der Waals surface area contributed by atoms with E-state index in [4.69, 9.17) is 0 Å². The molecule has 0 heterocycles. The van der Waals surface area contributed by atoms with Crippen LogP contribution in [0.15, 0.2) is 35.5 Å². The van der Waals surface area contributed by atoms with Gasteiger partial charge in [0.2, 0.25) is 0 Å². The summed E-state index contributed by atoms with van der Waals surface area (Å²) in [4.78, 5) is 10.8. The van der Waals surface area contributed by atoms with Gasteiger partial charge in [-0.3, -0.25) is 0 Å². The highest BCUT2D eigenvalue weighted by Crippen LogP contribution is 2.00. The van der Waals surface area contributed by atoms with Gasteiger partial charge < -0.3 is 4.74 Å². The third-order valence-corrected chi connectivity index (χ3v) is 1.84. The van der Waals surface area contributed by atoms with Gasteiger partial charge in [0.25, 0.3) is 0 Å². The zero-order valence-electron chi connectivity index (χ0n) is 9.33. The molecule has 0 unspecified atom stereocenters. The lowest BCUT2D eigenvalue weighted by molar-refractivity contribution is -0.134. The quantitative estimate of drug-likeness (QED) is 0.390. The summed E-state index contributed by atoms with van der Waals surface area (Å²) < 4.78 is 4.50. The van der Waals surface area contributed by atoms with Gasteiger partial charge in [-0.2, -0.15) is 0 Å². The normalized spacial score (nSPS) is 13.4. The molecular weight excluding hydrogens is 176 g/mol. The Bertz CT molecular complexity index is 270. The van der Waals surface area contributed by atoms with Crippen molar-refractivity contribution in [1.29, 1.82) is 0 Å². The van der Waals surface area contributed by atoms with Gasteiger partial charge >= 0.3 is 5.97 Å². The van der Waals surface area contributed by atoms with Gasteiger partial charge in [0.05, 0.1) is 7.11 Å². The summed E-state index contributed by atoms with van der Waals surface area (Å²) in [7, 11) is 1.37. The number of ether oxygens (including phenoxy) is 1. The highest BCUT2D eigenvalue weighted by molar-refractivity contribution is 5.83. The Morgan fingerprint density at radius 3 is 2.50 bits per heavy atom. The van der Waals surface area contributed by atoms with E-state index in [1.807, 2.05) is 25.2 Å². The van der Waals surface area contributed by atoms with Crippen molar-refractivity contribution in [2.45, 2.75) is 27.2 Å². The van der Waals surface area contributed by atoms with Crippen molar-refractivity contribution in [1.82, 2.24) is 0 Å². The molecule has 0 aliphatic carbocycles. The van der Waals surface area contributed by atoms with Gasteiger partial charge in [-0.1, -0.05) is 30.7 Å². The van der Waals surface area contributed by atoms with Crippen LogP contribution in [0.4, 0.5) is 0 Å². The first kappa shape index (κ1) is 12.7. The van der Waals surface area contributed by atoms with Gasteiger partial charge in [0, 0.05) is 6.08 Å². The lowest BCUT2D eigenvalue weighted by atomic mass is 10.2. The van der Waals surface area contributed by atoms with Crippen molar-refractivity contribution in [3.8, 4) is 0 Å². The minimum Gasteiger partial charge on any atom is -0.466 e. The third-order valence-electron chi connectivity index (χ3n) is 1.84. The highest BCUT2D eigenvalue weighted by atomic mass is 16.5.